The highest BCUT2D eigenvalue weighted by Gasteiger charge is 2.10. The molecule has 0 spiro atoms. The van der Waals surface area contributed by atoms with Crippen LogP contribution in [0.3, 0.4) is 0 Å². The fourth-order valence-corrected chi connectivity index (χ4v) is 2.20. The molecule has 2 N–H and O–H groups in total. The molecular formula is C18H19N3O5. The lowest BCUT2D eigenvalue weighted by Gasteiger charge is -2.12. The summed E-state index contributed by atoms with van der Waals surface area (Å²) in [5.41, 5.74) is 3.17. The second-order valence-corrected chi connectivity index (χ2v) is 5.77. The summed E-state index contributed by atoms with van der Waals surface area (Å²) in [4.78, 5) is 22.0. The van der Waals surface area contributed by atoms with Crippen LogP contribution in [0.25, 0.3) is 0 Å². The van der Waals surface area contributed by atoms with Crippen LogP contribution in [0.15, 0.2) is 47.6 Å². The van der Waals surface area contributed by atoms with E-state index in [1.54, 1.807) is 6.07 Å². The molecule has 0 fully saturated rings. The predicted octanol–water partition coefficient (Wildman–Crippen LogP) is 2.95. The van der Waals surface area contributed by atoms with Crippen LogP contribution in [-0.4, -0.2) is 28.8 Å². The van der Waals surface area contributed by atoms with Gasteiger partial charge in [-0.25, -0.2) is 5.43 Å². The molecule has 2 aromatic rings. The molecular weight excluding hydrogens is 338 g/mol. The molecule has 8 heteroatoms. The Bertz CT molecular complexity index is 833. The molecule has 0 heterocycles. The maximum absolute atomic E-state index is 11.8. The fraction of sp³-hybridized carbons (Fsp3) is 0.222. The second kappa shape index (κ2) is 8.61. The van der Waals surface area contributed by atoms with Gasteiger partial charge < -0.3 is 9.84 Å². The number of hydrogen-bond donors (Lipinski definition) is 2. The van der Waals surface area contributed by atoms with E-state index in [0.717, 1.165) is 17.8 Å². The van der Waals surface area contributed by atoms with Crippen molar-refractivity contribution in [3.05, 3.63) is 63.7 Å². The van der Waals surface area contributed by atoms with E-state index in [2.05, 4.69) is 10.5 Å². The molecule has 0 bridgehead atoms. The number of non-ortho nitro benzene ring substituents is 1. The minimum absolute atomic E-state index is 0.116. The predicted molar refractivity (Wildman–Crippen MR) is 96.5 cm³/mol. The summed E-state index contributed by atoms with van der Waals surface area (Å²) < 4.78 is 5.51. The van der Waals surface area contributed by atoms with Crippen LogP contribution in [0.1, 0.15) is 30.9 Å². The molecule has 0 saturated heterocycles. The topological polar surface area (TPSA) is 114 Å². The highest BCUT2D eigenvalue weighted by Crippen LogP contribution is 2.25. The van der Waals surface area contributed by atoms with Crippen molar-refractivity contribution in [2.24, 2.45) is 5.10 Å². The third kappa shape index (κ3) is 5.04. The number of rotatable bonds is 7. The number of hydrogen-bond acceptors (Lipinski definition) is 6. The van der Waals surface area contributed by atoms with E-state index in [9.17, 15) is 20.0 Å². The molecule has 0 aliphatic heterocycles. The van der Waals surface area contributed by atoms with E-state index in [0.29, 0.717) is 5.75 Å². The SMILES string of the molecule is CC(C)c1ccccc1OCC(=O)N/N=C/c1cc([N+](=O)[O-])ccc1O. The van der Waals surface area contributed by atoms with Crippen LogP contribution in [0, 0.1) is 10.1 Å². The molecule has 0 unspecified atom stereocenters. The summed E-state index contributed by atoms with van der Waals surface area (Å²) >= 11 is 0. The number of ether oxygens (including phenoxy) is 1. The average molecular weight is 357 g/mol. The minimum Gasteiger partial charge on any atom is -0.507 e. The van der Waals surface area contributed by atoms with Crippen molar-refractivity contribution in [3.63, 3.8) is 0 Å². The number of para-hydroxylation sites is 1. The van der Waals surface area contributed by atoms with Crippen molar-refractivity contribution >= 4 is 17.8 Å². The molecule has 26 heavy (non-hydrogen) atoms. The first-order chi connectivity index (χ1) is 12.4. The lowest BCUT2D eigenvalue weighted by Crippen LogP contribution is -2.24. The number of carbonyl (C=O) groups excluding carboxylic acids is 1. The van der Waals surface area contributed by atoms with E-state index in [1.807, 2.05) is 32.0 Å². The molecule has 0 aliphatic carbocycles. The highest BCUT2D eigenvalue weighted by atomic mass is 16.6. The number of nitrogens with one attached hydrogen (secondary N) is 1. The number of phenols is 1. The normalized spacial score (nSPS) is 10.9. The molecule has 0 saturated carbocycles. The van der Waals surface area contributed by atoms with Crippen molar-refractivity contribution in [1.29, 1.82) is 0 Å². The molecule has 0 radical (unpaired) electrons. The van der Waals surface area contributed by atoms with E-state index in [4.69, 9.17) is 4.74 Å². The molecule has 2 aromatic carbocycles. The van der Waals surface area contributed by atoms with Gasteiger partial charge in [0.25, 0.3) is 11.6 Å². The first kappa shape index (κ1) is 18.9. The summed E-state index contributed by atoms with van der Waals surface area (Å²) in [6.07, 6.45) is 1.13. The van der Waals surface area contributed by atoms with E-state index in [-0.39, 0.29) is 29.5 Å². The monoisotopic (exact) mass is 357 g/mol. The molecule has 0 atom stereocenters. The van der Waals surface area contributed by atoms with Gasteiger partial charge in [-0.15, -0.1) is 0 Å². The standard InChI is InChI=1S/C18H19N3O5/c1-12(2)15-5-3-4-6-17(15)26-11-18(23)20-19-10-13-9-14(21(24)25)7-8-16(13)22/h3-10,12,22H,11H2,1-2H3,(H,20,23)/b19-10+. The van der Waals surface area contributed by atoms with Crippen LogP contribution in [0.4, 0.5) is 5.69 Å². The lowest BCUT2D eigenvalue weighted by atomic mass is 10.0. The number of carbonyl (C=O) groups is 1. The van der Waals surface area contributed by atoms with Gasteiger partial charge in [0.2, 0.25) is 0 Å². The maximum Gasteiger partial charge on any atom is 0.277 e. The highest BCUT2D eigenvalue weighted by molar-refractivity contribution is 5.86. The largest absolute Gasteiger partial charge is 0.507 e. The second-order valence-electron chi connectivity index (χ2n) is 5.77. The summed E-state index contributed by atoms with van der Waals surface area (Å²) in [6.45, 7) is 3.82. The van der Waals surface area contributed by atoms with Gasteiger partial charge in [0, 0.05) is 17.7 Å². The van der Waals surface area contributed by atoms with Gasteiger partial charge in [-0.3, -0.25) is 14.9 Å². The zero-order chi connectivity index (χ0) is 19.1. The first-order valence-electron chi connectivity index (χ1n) is 7.89. The molecule has 2 rings (SSSR count). The Morgan fingerprint density at radius 1 is 1.35 bits per heavy atom. The van der Waals surface area contributed by atoms with Crippen molar-refractivity contribution in [2.75, 3.05) is 6.61 Å². The third-order valence-electron chi connectivity index (χ3n) is 3.51. The van der Waals surface area contributed by atoms with Gasteiger partial charge in [0.15, 0.2) is 6.61 Å². The number of hydrazone groups is 1. The number of benzene rings is 2. The lowest BCUT2D eigenvalue weighted by molar-refractivity contribution is -0.384. The van der Waals surface area contributed by atoms with Gasteiger partial charge in [0.1, 0.15) is 11.5 Å². The number of amides is 1. The van der Waals surface area contributed by atoms with Crippen LogP contribution in [-0.2, 0) is 4.79 Å². The van der Waals surface area contributed by atoms with E-state index >= 15 is 0 Å². The van der Waals surface area contributed by atoms with Gasteiger partial charge in [-0.2, -0.15) is 5.10 Å². The number of nitro groups is 1. The third-order valence-corrected chi connectivity index (χ3v) is 3.51. The number of phenolic OH excluding ortho intramolecular Hbond substituents is 1. The maximum atomic E-state index is 11.8. The Morgan fingerprint density at radius 3 is 2.77 bits per heavy atom. The summed E-state index contributed by atoms with van der Waals surface area (Å²) in [7, 11) is 0. The van der Waals surface area contributed by atoms with Crippen LogP contribution < -0.4 is 10.2 Å². The van der Waals surface area contributed by atoms with Crippen molar-refractivity contribution < 1.29 is 19.6 Å². The zero-order valence-electron chi connectivity index (χ0n) is 14.4. The Morgan fingerprint density at radius 2 is 2.08 bits per heavy atom. The van der Waals surface area contributed by atoms with Crippen molar-refractivity contribution in [1.82, 2.24) is 5.43 Å². The molecule has 0 aromatic heterocycles. The number of aromatic hydroxyl groups is 1. The number of nitrogens with zero attached hydrogens (tertiary/aromatic N) is 2. The Kier molecular flexibility index (Phi) is 6.26. The summed E-state index contributed by atoms with van der Waals surface area (Å²) in [5.74, 6) is 0.197. The molecule has 0 aliphatic rings. The van der Waals surface area contributed by atoms with Crippen molar-refractivity contribution in [3.8, 4) is 11.5 Å². The van der Waals surface area contributed by atoms with Gasteiger partial charge in [0.05, 0.1) is 11.1 Å². The Hall–Kier alpha value is -3.42. The van der Waals surface area contributed by atoms with E-state index in [1.165, 1.54) is 12.1 Å². The van der Waals surface area contributed by atoms with E-state index < -0.39 is 10.8 Å². The quantitative estimate of drug-likeness (QED) is 0.449. The molecule has 136 valence electrons. The van der Waals surface area contributed by atoms with Crippen LogP contribution in [0.2, 0.25) is 0 Å². The fourth-order valence-electron chi connectivity index (χ4n) is 2.20. The van der Waals surface area contributed by atoms with Gasteiger partial charge in [-0.05, 0) is 23.6 Å². The Labute approximate surface area is 150 Å². The van der Waals surface area contributed by atoms with Crippen molar-refractivity contribution in [2.45, 2.75) is 19.8 Å². The summed E-state index contributed by atoms with van der Waals surface area (Å²) in [5, 5.41) is 24.1. The Balaban J connectivity index is 1.94. The number of nitro benzene ring substituents is 1. The van der Waals surface area contributed by atoms with Gasteiger partial charge >= 0.3 is 0 Å². The van der Waals surface area contributed by atoms with Crippen LogP contribution in [0.5, 0.6) is 11.5 Å². The zero-order valence-corrected chi connectivity index (χ0v) is 14.4. The summed E-state index contributed by atoms with van der Waals surface area (Å²) in [6, 6.07) is 11.0. The molecule has 1 amide bonds. The average Bonchev–Trinajstić information content (AvgIpc) is 2.61. The minimum atomic E-state index is -0.588. The van der Waals surface area contributed by atoms with Gasteiger partial charge in [-0.1, -0.05) is 32.0 Å². The smallest absolute Gasteiger partial charge is 0.277 e. The van der Waals surface area contributed by atoms with Crippen LogP contribution >= 0.6 is 0 Å². The first-order valence-corrected chi connectivity index (χ1v) is 7.89. The molecule has 8 nitrogen and oxygen atoms in total.